The van der Waals surface area contributed by atoms with Crippen molar-refractivity contribution in [2.24, 2.45) is 0 Å². The third kappa shape index (κ3) is 2.70. The van der Waals surface area contributed by atoms with Crippen LogP contribution in [0.2, 0.25) is 0 Å². The molecule has 0 aliphatic rings. The first kappa shape index (κ1) is 14.2. The van der Waals surface area contributed by atoms with Crippen LogP contribution in [0.1, 0.15) is 5.56 Å². The average molecular weight is 292 g/mol. The third-order valence-electron chi connectivity index (χ3n) is 2.98. The molecule has 2 rings (SSSR count). The van der Waals surface area contributed by atoms with Gasteiger partial charge in [0.1, 0.15) is 10.6 Å². The van der Waals surface area contributed by atoms with E-state index in [0.29, 0.717) is 22.7 Å². The van der Waals surface area contributed by atoms with Gasteiger partial charge in [-0.15, -0.1) is 0 Å². The molecule has 5 nitrogen and oxygen atoms in total. The molecule has 0 saturated heterocycles. The molecule has 0 radical (unpaired) electrons. The van der Waals surface area contributed by atoms with Gasteiger partial charge >= 0.3 is 0 Å². The topological polar surface area (TPSA) is 81.4 Å². The van der Waals surface area contributed by atoms with Crippen molar-refractivity contribution in [1.82, 2.24) is 0 Å². The summed E-state index contributed by atoms with van der Waals surface area (Å²) < 4.78 is 32.4. The molecule has 106 valence electrons. The maximum Gasteiger partial charge on any atom is 0.265 e. The molecule has 0 aliphatic heterocycles. The lowest BCUT2D eigenvalue weighted by Crippen LogP contribution is -2.15. The fourth-order valence-electron chi connectivity index (χ4n) is 1.80. The number of benzene rings is 2. The molecule has 0 amide bonds. The zero-order valence-electron chi connectivity index (χ0n) is 11.3. The van der Waals surface area contributed by atoms with E-state index in [1.807, 2.05) is 0 Å². The van der Waals surface area contributed by atoms with Crippen molar-refractivity contribution < 1.29 is 13.2 Å². The molecule has 3 N–H and O–H groups in total. The Kier molecular flexibility index (Phi) is 3.85. The molecule has 6 heteroatoms. The van der Waals surface area contributed by atoms with Gasteiger partial charge in [0.25, 0.3) is 10.0 Å². The lowest BCUT2D eigenvalue weighted by molar-refractivity contribution is 0.403. The highest BCUT2D eigenvalue weighted by Crippen LogP contribution is 2.27. The molecule has 0 unspecified atom stereocenters. The Morgan fingerprint density at radius 2 is 1.80 bits per heavy atom. The molecule has 0 aromatic heterocycles. The monoisotopic (exact) mass is 292 g/mol. The summed E-state index contributed by atoms with van der Waals surface area (Å²) in [6.07, 6.45) is 0. The summed E-state index contributed by atoms with van der Waals surface area (Å²) in [6, 6.07) is 11.5. The number of para-hydroxylation sites is 1. The highest BCUT2D eigenvalue weighted by Gasteiger charge is 2.19. The minimum absolute atomic E-state index is 0.0873. The third-order valence-corrected chi connectivity index (χ3v) is 4.38. The number of hydrogen-bond acceptors (Lipinski definition) is 4. The van der Waals surface area contributed by atoms with Gasteiger partial charge in [0.15, 0.2) is 0 Å². The Morgan fingerprint density at radius 1 is 1.10 bits per heavy atom. The highest BCUT2D eigenvalue weighted by molar-refractivity contribution is 7.92. The Bertz CT molecular complexity index is 727. The summed E-state index contributed by atoms with van der Waals surface area (Å²) in [4.78, 5) is 0.0873. The van der Waals surface area contributed by atoms with Crippen LogP contribution in [0.4, 0.5) is 11.4 Å². The molecule has 0 heterocycles. The summed E-state index contributed by atoms with van der Waals surface area (Å²) in [5.41, 5.74) is 7.45. The summed E-state index contributed by atoms with van der Waals surface area (Å²) in [5.74, 6) is 0.293. The summed E-state index contributed by atoms with van der Waals surface area (Å²) in [5, 5.41) is 0. The van der Waals surface area contributed by atoms with E-state index in [2.05, 4.69) is 4.72 Å². The minimum atomic E-state index is -3.73. The zero-order chi connectivity index (χ0) is 14.8. The van der Waals surface area contributed by atoms with E-state index in [4.69, 9.17) is 10.5 Å². The first-order chi connectivity index (χ1) is 9.45. The molecule has 0 spiro atoms. The first-order valence-corrected chi connectivity index (χ1v) is 7.45. The van der Waals surface area contributed by atoms with Crippen LogP contribution in [0.15, 0.2) is 47.4 Å². The van der Waals surface area contributed by atoms with Gasteiger partial charge < -0.3 is 10.5 Å². The molecular formula is C14H16N2O3S. The summed E-state index contributed by atoms with van der Waals surface area (Å²) in [7, 11) is -2.30. The number of rotatable bonds is 4. The van der Waals surface area contributed by atoms with Gasteiger partial charge in [-0.2, -0.15) is 0 Å². The van der Waals surface area contributed by atoms with E-state index in [9.17, 15) is 8.42 Å². The Morgan fingerprint density at radius 3 is 2.50 bits per heavy atom. The van der Waals surface area contributed by atoms with Gasteiger partial charge in [-0.25, -0.2) is 8.42 Å². The zero-order valence-corrected chi connectivity index (χ0v) is 12.1. The minimum Gasteiger partial charge on any atom is -0.495 e. The van der Waals surface area contributed by atoms with Crippen LogP contribution < -0.4 is 15.2 Å². The maximum atomic E-state index is 12.4. The number of nitrogen functional groups attached to an aromatic ring is 1. The fourth-order valence-corrected chi connectivity index (χ4v) is 3.10. The fraction of sp³-hybridized carbons (Fsp3) is 0.143. The first-order valence-electron chi connectivity index (χ1n) is 5.96. The number of ether oxygens (including phenoxy) is 1. The summed E-state index contributed by atoms with van der Waals surface area (Å²) >= 11 is 0. The number of nitrogens with one attached hydrogen (secondary N) is 1. The van der Waals surface area contributed by atoms with Gasteiger partial charge in [0.2, 0.25) is 0 Å². The predicted molar refractivity (Wildman–Crippen MR) is 79.4 cm³/mol. The highest BCUT2D eigenvalue weighted by atomic mass is 32.2. The normalized spacial score (nSPS) is 11.1. The lowest BCUT2D eigenvalue weighted by Gasteiger charge is -2.13. The molecule has 0 fully saturated rings. The number of methoxy groups -OCH3 is 1. The SMILES string of the molecule is COc1ccccc1S(=O)(=O)Nc1cccc(N)c1C. The van der Waals surface area contributed by atoms with Crippen molar-refractivity contribution in [2.75, 3.05) is 17.6 Å². The second kappa shape index (κ2) is 5.42. The van der Waals surface area contributed by atoms with Crippen molar-refractivity contribution >= 4 is 21.4 Å². The Hall–Kier alpha value is -2.21. The van der Waals surface area contributed by atoms with Crippen molar-refractivity contribution in [3.63, 3.8) is 0 Å². The van der Waals surface area contributed by atoms with E-state index in [0.717, 1.165) is 0 Å². The van der Waals surface area contributed by atoms with Crippen molar-refractivity contribution in [2.45, 2.75) is 11.8 Å². The molecule has 20 heavy (non-hydrogen) atoms. The smallest absolute Gasteiger partial charge is 0.265 e. The summed E-state index contributed by atoms with van der Waals surface area (Å²) in [6.45, 7) is 1.76. The van der Waals surface area contributed by atoms with Gasteiger partial charge in [-0.1, -0.05) is 18.2 Å². The van der Waals surface area contributed by atoms with Crippen molar-refractivity contribution in [3.05, 3.63) is 48.0 Å². The molecule has 2 aromatic rings. The van der Waals surface area contributed by atoms with Gasteiger partial charge in [-0.3, -0.25) is 4.72 Å². The molecule has 0 bridgehead atoms. The largest absolute Gasteiger partial charge is 0.495 e. The average Bonchev–Trinajstić information content (AvgIpc) is 2.43. The van der Waals surface area contributed by atoms with Crippen LogP contribution in [-0.2, 0) is 10.0 Å². The maximum absolute atomic E-state index is 12.4. The van der Waals surface area contributed by atoms with Crippen LogP contribution in [0.5, 0.6) is 5.75 Å². The van der Waals surface area contributed by atoms with Crippen LogP contribution >= 0.6 is 0 Å². The van der Waals surface area contributed by atoms with Crippen LogP contribution in [0.3, 0.4) is 0 Å². The van der Waals surface area contributed by atoms with E-state index >= 15 is 0 Å². The van der Waals surface area contributed by atoms with E-state index < -0.39 is 10.0 Å². The second-order valence-electron chi connectivity index (χ2n) is 4.28. The van der Waals surface area contributed by atoms with Crippen LogP contribution in [0, 0.1) is 6.92 Å². The van der Waals surface area contributed by atoms with E-state index in [1.165, 1.54) is 13.2 Å². The van der Waals surface area contributed by atoms with Gasteiger partial charge in [0, 0.05) is 5.69 Å². The van der Waals surface area contributed by atoms with Gasteiger partial charge in [0.05, 0.1) is 12.8 Å². The Balaban J connectivity index is 2.44. The van der Waals surface area contributed by atoms with Crippen molar-refractivity contribution in [3.8, 4) is 5.75 Å². The van der Waals surface area contributed by atoms with Crippen LogP contribution in [0.25, 0.3) is 0 Å². The van der Waals surface area contributed by atoms with Gasteiger partial charge in [-0.05, 0) is 36.8 Å². The van der Waals surface area contributed by atoms with E-state index in [1.54, 1.807) is 43.3 Å². The standard InChI is InChI=1S/C14H16N2O3S/c1-10-11(15)6-5-7-12(10)16-20(17,18)14-9-4-3-8-13(14)19-2/h3-9,16H,15H2,1-2H3. The number of hydrogen-bond donors (Lipinski definition) is 2. The second-order valence-corrected chi connectivity index (χ2v) is 5.93. The van der Waals surface area contributed by atoms with E-state index in [-0.39, 0.29) is 4.90 Å². The molecular weight excluding hydrogens is 276 g/mol. The number of anilines is 2. The lowest BCUT2D eigenvalue weighted by atomic mass is 10.2. The Labute approximate surface area is 118 Å². The number of sulfonamides is 1. The number of nitrogens with two attached hydrogens (primary N) is 1. The molecule has 0 saturated carbocycles. The predicted octanol–water partition coefficient (Wildman–Crippen LogP) is 2.39. The molecule has 0 atom stereocenters. The van der Waals surface area contributed by atoms with Crippen LogP contribution in [-0.4, -0.2) is 15.5 Å². The van der Waals surface area contributed by atoms with Crippen molar-refractivity contribution in [1.29, 1.82) is 0 Å². The quantitative estimate of drug-likeness (QED) is 0.848. The molecule has 0 aliphatic carbocycles. The molecule has 2 aromatic carbocycles.